The van der Waals surface area contributed by atoms with Crippen molar-refractivity contribution in [2.75, 3.05) is 31.3 Å². The molecule has 0 bridgehead atoms. The van der Waals surface area contributed by atoms with E-state index in [0.717, 1.165) is 18.4 Å². The van der Waals surface area contributed by atoms with Crippen LogP contribution in [0.2, 0.25) is 0 Å². The lowest BCUT2D eigenvalue weighted by Crippen LogP contribution is -2.15. The lowest BCUT2D eigenvalue weighted by Gasteiger charge is -2.12. The second-order valence-electron chi connectivity index (χ2n) is 4.88. The predicted octanol–water partition coefficient (Wildman–Crippen LogP) is 1.77. The number of aromatic nitrogens is 3. The van der Waals surface area contributed by atoms with Crippen molar-refractivity contribution in [3.05, 3.63) is 0 Å². The van der Waals surface area contributed by atoms with Crippen LogP contribution in [0.3, 0.4) is 0 Å². The van der Waals surface area contributed by atoms with E-state index < -0.39 is 0 Å². The van der Waals surface area contributed by atoms with E-state index in [9.17, 15) is 0 Å². The summed E-state index contributed by atoms with van der Waals surface area (Å²) in [5.74, 6) is 2.66. The van der Waals surface area contributed by atoms with Crippen molar-refractivity contribution in [2.24, 2.45) is 11.8 Å². The molecule has 6 nitrogen and oxygen atoms in total. The Bertz CT molecular complexity index is 376. The van der Waals surface area contributed by atoms with E-state index in [2.05, 4.69) is 32.5 Å². The van der Waals surface area contributed by atoms with E-state index in [1.807, 2.05) is 0 Å². The lowest BCUT2D eigenvalue weighted by molar-refractivity contribution is 0.379. The molecular weight excluding hydrogens is 230 g/mol. The number of hydrogen-bond acceptors (Lipinski definition) is 6. The van der Waals surface area contributed by atoms with Crippen molar-refractivity contribution in [2.45, 2.75) is 26.2 Å². The summed E-state index contributed by atoms with van der Waals surface area (Å²) >= 11 is 0. The molecule has 2 rings (SSSR count). The van der Waals surface area contributed by atoms with Gasteiger partial charge in [-0.3, -0.25) is 0 Å². The monoisotopic (exact) mass is 251 g/mol. The summed E-state index contributed by atoms with van der Waals surface area (Å²) in [5.41, 5.74) is 0. The molecule has 1 fully saturated rings. The zero-order chi connectivity index (χ0) is 13.0. The summed E-state index contributed by atoms with van der Waals surface area (Å²) in [4.78, 5) is 12.5. The maximum atomic E-state index is 5.04. The van der Waals surface area contributed by atoms with E-state index in [4.69, 9.17) is 4.74 Å². The molecule has 1 aromatic rings. The number of nitrogens with zero attached hydrogens (tertiary/aromatic N) is 3. The Hall–Kier alpha value is -1.59. The molecule has 100 valence electrons. The van der Waals surface area contributed by atoms with Crippen LogP contribution in [0.15, 0.2) is 0 Å². The van der Waals surface area contributed by atoms with Gasteiger partial charge in [-0.1, -0.05) is 13.3 Å². The molecule has 0 aromatic carbocycles. The van der Waals surface area contributed by atoms with Crippen LogP contribution < -0.4 is 15.4 Å². The van der Waals surface area contributed by atoms with Crippen molar-refractivity contribution >= 4 is 11.9 Å². The summed E-state index contributed by atoms with van der Waals surface area (Å²) in [6.07, 6.45) is 3.90. The van der Waals surface area contributed by atoms with E-state index in [-0.39, 0.29) is 0 Å². The second kappa shape index (κ2) is 5.84. The molecule has 1 aromatic heterocycles. The highest BCUT2D eigenvalue weighted by Crippen LogP contribution is 2.30. The third-order valence-electron chi connectivity index (χ3n) is 3.37. The number of ether oxygens (including phenoxy) is 1. The van der Waals surface area contributed by atoms with Gasteiger partial charge in [0.1, 0.15) is 0 Å². The molecule has 0 aliphatic heterocycles. The molecule has 2 unspecified atom stereocenters. The predicted molar refractivity (Wildman–Crippen MR) is 70.9 cm³/mol. The van der Waals surface area contributed by atoms with Crippen LogP contribution in [-0.4, -0.2) is 35.7 Å². The van der Waals surface area contributed by atoms with Gasteiger partial charge in [-0.15, -0.1) is 0 Å². The fraction of sp³-hybridized carbons (Fsp3) is 0.750. The van der Waals surface area contributed by atoms with Crippen LogP contribution in [-0.2, 0) is 0 Å². The number of nitrogens with one attached hydrogen (secondary N) is 2. The molecule has 0 amide bonds. The summed E-state index contributed by atoms with van der Waals surface area (Å²) in [7, 11) is 3.33. The van der Waals surface area contributed by atoms with Gasteiger partial charge in [-0.25, -0.2) is 0 Å². The fourth-order valence-corrected chi connectivity index (χ4v) is 2.38. The third kappa shape index (κ3) is 3.21. The van der Waals surface area contributed by atoms with E-state index >= 15 is 0 Å². The largest absolute Gasteiger partial charge is 0.467 e. The van der Waals surface area contributed by atoms with Gasteiger partial charge in [0.25, 0.3) is 0 Å². The number of anilines is 2. The van der Waals surface area contributed by atoms with Gasteiger partial charge in [0.05, 0.1) is 7.11 Å². The van der Waals surface area contributed by atoms with Crippen LogP contribution in [0.4, 0.5) is 11.9 Å². The first-order valence-corrected chi connectivity index (χ1v) is 6.43. The number of methoxy groups -OCH3 is 1. The maximum absolute atomic E-state index is 5.04. The minimum Gasteiger partial charge on any atom is -0.467 e. The average Bonchev–Trinajstić information content (AvgIpc) is 2.81. The first-order chi connectivity index (χ1) is 8.71. The van der Waals surface area contributed by atoms with Crippen molar-refractivity contribution in [1.29, 1.82) is 0 Å². The van der Waals surface area contributed by atoms with Crippen LogP contribution >= 0.6 is 0 Å². The van der Waals surface area contributed by atoms with Gasteiger partial charge >= 0.3 is 6.01 Å². The summed E-state index contributed by atoms with van der Waals surface area (Å²) < 4.78 is 5.04. The summed E-state index contributed by atoms with van der Waals surface area (Å²) in [6, 6.07) is 0.330. The smallest absolute Gasteiger partial charge is 0.322 e. The molecule has 2 N–H and O–H groups in total. The van der Waals surface area contributed by atoms with Crippen molar-refractivity contribution < 1.29 is 4.74 Å². The van der Waals surface area contributed by atoms with Gasteiger partial charge < -0.3 is 15.4 Å². The van der Waals surface area contributed by atoms with E-state index in [1.54, 1.807) is 14.2 Å². The highest BCUT2D eigenvalue weighted by atomic mass is 16.5. The molecule has 0 saturated heterocycles. The van der Waals surface area contributed by atoms with Crippen LogP contribution in [0.5, 0.6) is 6.01 Å². The number of hydrogen-bond donors (Lipinski definition) is 2. The molecular formula is C12H21N5O. The van der Waals surface area contributed by atoms with Gasteiger partial charge in [0, 0.05) is 13.6 Å². The topological polar surface area (TPSA) is 72.0 Å². The average molecular weight is 251 g/mol. The zero-order valence-electron chi connectivity index (χ0n) is 11.2. The highest BCUT2D eigenvalue weighted by molar-refractivity contribution is 5.35. The molecule has 1 heterocycles. The van der Waals surface area contributed by atoms with Crippen LogP contribution in [0.1, 0.15) is 26.2 Å². The first kappa shape index (κ1) is 12.9. The molecule has 0 radical (unpaired) electrons. The molecule has 2 atom stereocenters. The summed E-state index contributed by atoms with van der Waals surface area (Å²) in [6.45, 7) is 3.23. The second-order valence-corrected chi connectivity index (χ2v) is 4.88. The Kier molecular flexibility index (Phi) is 4.17. The van der Waals surface area contributed by atoms with E-state index in [1.165, 1.54) is 19.3 Å². The quantitative estimate of drug-likeness (QED) is 0.831. The highest BCUT2D eigenvalue weighted by Gasteiger charge is 2.21. The van der Waals surface area contributed by atoms with Gasteiger partial charge in [-0.2, -0.15) is 15.0 Å². The molecule has 1 aliphatic rings. The zero-order valence-corrected chi connectivity index (χ0v) is 11.2. The lowest BCUT2D eigenvalue weighted by atomic mass is 10.1. The minimum absolute atomic E-state index is 0.330. The van der Waals surface area contributed by atoms with Crippen LogP contribution in [0.25, 0.3) is 0 Å². The SMILES string of the molecule is CNc1nc(NCC2CCC(C)C2)nc(OC)n1. The van der Waals surface area contributed by atoms with Gasteiger partial charge in [0.15, 0.2) is 0 Å². The maximum Gasteiger partial charge on any atom is 0.322 e. The minimum atomic E-state index is 0.330. The Morgan fingerprint density at radius 1 is 1.22 bits per heavy atom. The molecule has 0 spiro atoms. The van der Waals surface area contributed by atoms with Crippen molar-refractivity contribution in [3.8, 4) is 6.01 Å². The van der Waals surface area contributed by atoms with Gasteiger partial charge in [-0.05, 0) is 24.7 Å². The van der Waals surface area contributed by atoms with Crippen molar-refractivity contribution in [1.82, 2.24) is 15.0 Å². The standard InChI is InChI=1S/C12H21N5O/c1-8-4-5-9(6-8)7-14-11-15-10(13-2)16-12(17-11)18-3/h8-9H,4-7H2,1-3H3,(H2,13,14,15,16,17). The molecule has 18 heavy (non-hydrogen) atoms. The molecule has 1 aliphatic carbocycles. The summed E-state index contributed by atoms with van der Waals surface area (Å²) in [5, 5.41) is 6.17. The fourth-order valence-electron chi connectivity index (χ4n) is 2.38. The Morgan fingerprint density at radius 2 is 2.00 bits per heavy atom. The Morgan fingerprint density at radius 3 is 2.61 bits per heavy atom. The number of rotatable bonds is 5. The third-order valence-corrected chi connectivity index (χ3v) is 3.37. The van der Waals surface area contributed by atoms with E-state index in [0.29, 0.717) is 17.9 Å². The van der Waals surface area contributed by atoms with Gasteiger partial charge in [0.2, 0.25) is 11.9 Å². The van der Waals surface area contributed by atoms with Crippen LogP contribution in [0, 0.1) is 11.8 Å². The molecule has 6 heteroatoms. The Balaban J connectivity index is 1.95. The molecule has 1 saturated carbocycles. The first-order valence-electron chi connectivity index (χ1n) is 6.43. The Labute approximate surface area is 108 Å². The van der Waals surface area contributed by atoms with Crippen molar-refractivity contribution in [3.63, 3.8) is 0 Å². The normalized spacial score (nSPS) is 22.8.